The molecule has 0 bridgehead atoms. The highest BCUT2D eigenvalue weighted by Crippen LogP contribution is 2.37. The molecular weight excluding hydrogens is 436 g/mol. The molecule has 9 nitrogen and oxygen atoms in total. The minimum absolute atomic E-state index is 0.236. The van der Waals surface area contributed by atoms with Crippen LogP contribution >= 0.6 is 0 Å². The number of anilines is 1. The molecule has 0 saturated heterocycles. The first-order valence-electron chi connectivity index (χ1n) is 11.1. The van der Waals surface area contributed by atoms with Crippen molar-refractivity contribution in [1.82, 2.24) is 14.5 Å². The highest BCUT2D eigenvalue weighted by atomic mass is 16.5. The van der Waals surface area contributed by atoms with Crippen molar-refractivity contribution in [2.24, 2.45) is 7.05 Å². The monoisotopic (exact) mass is 464 g/mol. The van der Waals surface area contributed by atoms with Gasteiger partial charge in [-0.15, -0.1) is 0 Å². The summed E-state index contributed by atoms with van der Waals surface area (Å²) in [6.45, 7) is 3.37. The molecule has 2 heterocycles. The van der Waals surface area contributed by atoms with E-state index < -0.39 is 0 Å². The highest BCUT2D eigenvalue weighted by molar-refractivity contribution is 5.68. The van der Waals surface area contributed by atoms with Crippen LogP contribution in [0.4, 0.5) is 5.82 Å². The molecule has 3 aromatic rings. The van der Waals surface area contributed by atoms with E-state index in [4.69, 9.17) is 19.2 Å². The van der Waals surface area contributed by atoms with Crippen molar-refractivity contribution < 1.29 is 19.0 Å². The van der Waals surface area contributed by atoms with Crippen LogP contribution in [0.15, 0.2) is 41.2 Å². The Morgan fingerprint density at radius 1 is 1.15 bits per heavy atom. The fraction of sp³-hybridized carbons (Fsp3) is 0.360. The van der Waals surface area contributed by atoms with Gasteiger partial charge in [0.1, 0.15) is 17.6 Å². The van der Waals surface area contributed by atoms with Crippen molar-refractivity contribution in [2.75, 3.05) is 19.5 Å². The molecule has 0 aliphatic heterocycles. The van der Waals surface area contributed by atoms with E-state index in [2.05, 4.69) is 10.3 Å². The highest BCUT2D eigenvalue weighted by Gasteiger charge is 2.35. The van der Waals surface area contributed by atoms with E-state index in [1.165, 1.54) is 25.7 Å². The number of aryl methyl sites for hydroxylation is 1. The lowest BCUT2D eigenvalue weighted by Crippen LogP contribution is -2.31. The Morgan fingerprint density at radius 3 is 2.59 bits per heavy atom. The Hall–Kier alpha value is -3.88. The second kappa shape index (κ2) is 9.54. The minimum Gasteiger partial charge on any atom is -0.481 e. The molecule has 1 aliphatic rings. The van der Waals surface area contributed by atoms with Gasteiger partial charge in [0.15, 0.2) is 0 Å². The number of hydrogen-bond donors (Lipinski definition) is 1. The van der Waals surface area contributed by atoms with Crippen LogP contribution < -0.4 is 20.3 Å². The summed E-state index contributed by atoms with van der Waals surface area (Å²) < 4.78 is 17.7. The number of carbonyl (C=O) groups is 1. The summed E-state index contributed by atoms with van der Waals surface area (Å²) in [5.41, 5.74) is 3.25. The van der Waals surface area contributed by atoms with Crippen molar-refractivity contribution in [2.45, 2.75) is 38.8 Å². The second-order valence-corrected chi connectivity index (χ2v) is 8.06. The van der Waals surface area contributed by atoms with E-state index in [0.29, 0.717) is 35.8 Å². The summed E-state index contributed by atoms with van der Waals surface area (Å²) in [7, 11) is 4.69. The number of nitrogens with zero attached hydrogens (tertiary/aromatic N) is 3. The van der Waals surface area contributed by atoms with Gasteiger partial charge in [0.05, 0.1) is 31.5 Å². The van der Waals surface area contributed by atoms with Gasteiger partial charge < -0.3 is 19.5 Å². The van der Waals surface area contributed by atoms with E-state index >= 15 is 0 Å². The van der Waals surface area contributed by atoms with Gasteiger partial charge in [-0.25, -0.2) is 4.98 Å². The molecule has 2 aromatic heterocycles. The quantitative estimate of drug-likeness (QED) is 0.532. The van der Waals surface area contributed by atoms with Crippen molar-refractivity contribution in [3.05, 3.63) is 63.6 Å². The maximum absolute atomic E-state index is 13.4. The molecule has 0 fully saturated rings. The summed E-state index contributed by atoms with van der Waals surface area (Å²) >= 11 is 0. The topological polar surface area (TPSA) is 105 Å². The normalized spacial score (nSPS) is 16.6. The van der Waals surface area contributed by atoms with Crippen LogP contribution in [0.2, 0.25) is 0 Å². The number of benzene rings is 1. The molecule has 1 aliphatic carbocycles. The van der Waals surface area contributed by atoms with Gasteiger partial charge in [0, 0.05) is 26.5 Å². The van der Waals surface area contributed by atoms with Gasteiger partial charge >= 0.3 is 5.97 Å². The molecule has 34 heavy (non-hydrogen) atoms. The van der Waals surface area contributed by atoms with E-state index in [1.807, 2.05) is 31.2 Å². The van der Waals surface area contributed by atoms with Gasteiger partial charge in [0.2, 0.25) is 11.8 Å². The number of carbonyl (C=O) groups excluding carboxylic acids is 1. The fourth-order valence-electron chi connectivity index (χ4n) is 4.36. The van der Waals surface area contributed by atoms with Gasteiger partial charge in [-0.1, -0.05) is 31.2 Å². The Bertz CT molecular complexity index is 1290. The first-order chi connectivity index (χ1) is 16.4. The molecule has 0 radical (unpaired) electrons. The van der Waals surface area contributed by atoms with Crippen LogP contribution in [-0.4, -0.2) is 40.8 Å². The molecule has 1 aromatic carbocycles. The van der Waals surface area contributed by atoms with E-state index in [0.717, 1.165) is 11.1 Å². The molecule has 1 N–H and O–H groups in total. The largest absolute Gasteiger partial charge is 0.481 e. The van der Waals surface area contributed by atoms with Crippen LogP contribution in [0, 0.1) is 0 Å². The van der Waals surface area contributed by atoms with E-state index in [-0.39, 0.29) is 35.2 Å². The smallest absolute Gasteiger partial charge is 0.302 e. The van der Waals surface area contributed by atoms with Crippen molar-refractivity contribution in [3.63, 3.8) is 0 Å². The maximum atomic E-state index is 13.4. The Labute approximate surface area is 197 Å². The number of pyridine rings is 1. The third kappa shape index (κ3) is 4.21. The van der Waals surface area contributed by atoms with Crippen LogP contribution in [0.1, 0.15) is 36.7 Å². The molecule has 0 spiro atoms. The van der Waals surface area contributed by atoms with Gasteiger partial charge in [0.25, 0.3) is 5.56 Å². The maximum Gasteiger partial charge on any atom is 0.302 e. The van der Waals surface area contributed by atoms with E-state index in [1.54, 1.807) is 19.2 Å². The average Bonchev–Trinajstić information content (AvgIpc) is 3.18. The molecule has 0 saturated carbocycles. The zero-order valence-corrected chi connectivity index (χ0v) is 19.9. The third-order valence-corrected chi connectivity index (χ3v) is 5.98. The van der Waals surface area contributed by atoms with E-state index in [9.17, 15) is 9.59 Å². The zero-order chi connectivity index (χ0) is 24.4. The minimum atomic E-state index is -0.389. The molecule has 0 unspecified atom stereocenters. The lowest BCUT2D eigenvalue weighted by Gasteiger charge is -2.25. The van der Waals surface area contributed by atoms with Crippen LogP contribution in [-0.2, 0) is 29.4 Å². The summed E-state index contributed by atoms with van der Waals surface area (Å²) in [5.74, 6) is 0.867. The van der Waals surface area contributed by atoms with Crippen molar-refractivity contribution in [1.29, 1.82) is 0 Å². The molecule has 4 rings (SSSR count). The predicted molar refractivity (Wildman–Crippen MR) is 127 cm³/mol. The number of fused-ring (bicyclic) bond motifs is 1. The number of aromatic nitrogens is 3. The number of rotatable bonds is 7. The number of hydrogen-bond acceptors (Lipinski definition) is 8. The lowest BCUT2D eigenvalue weighted by molar-refractivity contribution is -0.146. The third-order valence-electron chi connectivity index (χ3n) is 5.98. The summed E-state index contributed by atoms with van der Waals surface area (Å²) in [6, 6.07) is 11.0. The van der Waals surface area contributed by atoms with Crippen LogP contribution in [0.5, 0.6) is 11.8 Å². The fourth-order valence-corrected chi connectivity index (χ4v) is 4.36. The number of nitrogens with one attached hydrogen (secondary N) is 1. The first-order valence-corrected chi connectivity index (χ1v) is 11.1. The summed E-state index contributed by atoms with van der Waals surface area (Å²) in [4.78, 5) is 34.2. The number of methoxy groups -OCH3 is 2. The Kier molecular flexibility index (Phi) is 6.54. The van der Waals surface area contributed by atoms with Crippen LogP contribution in [0.3, 0.4) is 0 Å². The summed E-state index contributed by atoms with van der Waals surface area (Å²) in [5, 5.41) is 3.46. The molecule has 178 valence electrons. The van der Waals surface area contributed by atoms with Gasteiger partial charge in [-0.05, 0) is 23.6 Å². The summed E-state index contributed by atoms with van der Waals surface area (Å²) in [6.07, 6.45) is 0.783. The molecule has 2 atom stereocenters. The standard InChI is InChI=1S/C25H28N4O5/c1-6-18-23(28-21-16-10-8-7-9-15(16)13-19(21)34-14(2)30)29(3)25(31)22(26-18)17-11-12-20(32-4)27-24(17)33-5/h7-12,19,21,28H,6,13H2,1-5H3/t19-,21+/m0/s1. The van der Waals surface area contributed by atoms with Gasteiger partial charge in [-0.2, -0.15) is 4.98 Å². The van der Waals surface area contributed by atoms with Crippen LogP contribution in [0.25, 0.3) is 11.3 Å². The second-order valence-electron chi connectivity index (χ2n) is 8.06. The first kappa shape index (κ1) is 23.3. The Morgan fingerprint density at radius 2 is 1.91 bits per heavy atom. The molecule has 0 amide bonds. The van der Waals surface area contributed by atoms with Gasteiger partial charge in [-0.3, -0.25) is 14.2 Å². The SMILES string of the molecule is CCc1nc(-c2ccc(OC)nc2OC)c(=O)n(C)c1N[C@@H]1c2ccccc2C[C@@H]1OC(C)=O. The Balaban J connectivity index is 1.79. The molecule has 9 heteroatoms. The predicted octanol–water partition coefficient (Wildman–Crippen LogP) is 3.06. The lowest BCUT2D eigenvalue weighted by atomic mass is 10.1. The van der Waals surface area contributed by atoms with Crippen molar-refractivity contribution >= 4 is 11.8 Å². The zero-order valence-electron chi connectivity index (χ0n) is 19.9. The molecular formula is C25H28N4O5. The average molecular weight is 465 g/mol. The van der Waals surface area contributed by atoms with Crippen molar-refractivity contribution in [3.8, 4) is 23.0 Å². The number of esters is 1. The number of ether oxygens (including phenoxy) is 3.